The van der Waals surface area contributed by atoms with Crippen LogP contribution in [0.15, 0.2) is 41.3 Å². The van der Waals surface area contributed by atoms with Crippen molar-refractivity contribution >= 4 is 27.1 Å². The number of nitrogens with one attached hydrogen (secondary N) is 1. The molecule has 0 radical (unpaired) electrons. The third-order valence-corrected chi connectivity index (χ3v) is 4.69. The average Bonchev–Trinajstić information content (AvgIpc) is 2.84. The second kappa shape index (κ2) is 5.05. The third-order valence-electron chi connectivity index (χ3n) is 3.70. The molecule has 6 heteroatoms. The molecule has 5 nitrogen and oxygen atoms in total. The Kier molecular flexibility index (Phi) is 3.35. The van der Waals surface area contributed by atoms with Crippen molar-refractivity contribution in [3.05, 3.63) is 47.5 Å². The number of benzene rings is 2. The summed E-state index contributed by atoms with van der Waals surface area (Å²) in [5.74, 6) is 0. The molecule has 0 saturated carbocycles. The van der Waals surface area contributed by atoms with Crippen molar-refractivity contribution in [3.8, 4) is 0 Å². The first-order valence-electron chi connectivity index (χ1n) is 6.75. The van der Waals surface area contributed by atoms with E-state index < -0.39 is 10.0 Å². The lowest BCUT2D eigenvalue weighted by molar-refractivity contribution is 0.598. The van der Waals surface area contributed by atoms with Gasteiger partial charge in [-0.3, -0.25) is 0 Å². The largest absolute Gasteiger partial charge is 0.398 e. The highest BCUT2D eigenvalue weighted by Gasteiger charge is 2.13. The summed E-state index contributed by atoms with van der Waals surface area (Å²) in [6.45, 7) is 0. The van der Waals surface area contributed by atoms with Gasteiger partial charge in [0.05, 0.1) is 5.69 Å². The highest BCUT2D eigenvalue weighted by Crippen LogP contribution is 2.28. The minimum absolute atomic E-state index is 0.0537. The molecule has 0 unspecified atom stereocenters. The molecule has 1 aliphatic rings. The van der Waals surface area contributed by atoms with Crippen LogP contribution >= 0.6 is 0 Å². The molecule has 2 aromatic rings. The summed E-state index contributed by atoms with van der Waals surface area (Å²) >= 11 is 0. The molecule has 0 saturated heterocycles. The molecule has 5 N–H and O–H groups in total. The van der Waals surface area contributed by atoms with Crippen molar-refractivity contribution in [2.45, 2.75) is 24.2 Å². The smallest absolute Gasteiger partial charge is 0.240 e. The van der Waals surface area contributed by atoms with E-state index in [0.717, 1.165) is 24.2 Å². The molecular weight excluding hydrogens is 286 g/mol. The standard InChI is InChI=1S/C15H17N3O2S/c16-14-9-13(6-7-15(14)21(17,19)20)18-12-5-4-10-2-1-3-11(10)8-12/h4-9,18H,1-3,16H2,(H2,17,19,20). The molecule has 0 aliphatic heterocycles. The van der Waals surface area contributed by atoms with Crippen LogP contribution in [0.3, 0.4) is 0 Å². The number of sulfonamides is 1. The van der Waals surface area contributed by atoms with Gasteiger partial charge >= 0.3 is 0 Å². The maximum absolute atomic E-state index is 11.3. The van der Waals surface area contributed by atoms with Gasteiger partial charge in [0, 0.05) is 11.4 Å². The van der Waals surface area contributed by atoms with Crippen LogP contribution in [0.4, 0.5) is 17.1 Å². The van der Waals surface area contributed by atoms with Crippen LogP contribution in [0, 0.1) is 0 Å². The van der Waals surface area contributed by atoms with Crippen molar-refractivity contribution in [2.75, 3.05) is 11.1 Å². The Hall–Kier alpha value is -2.05. The average molecular weight is 303 g/mol. The van der Waals surface area contributed by atoms with Crippen LogP contribution in [0.2, 0.25) is 0 Å². The Morgan fingerprint density at radius 2 is 1.62 bits per heavy atom. The van der Waals surface area contributed by atoms with E-state index in [4.69, 9.17) is 10.9 Å². The lowest BCUT2D eigenvalue weighted by Gasteiger charge is -2.11. The third kappa shape index (κ3) is 2.86. The van der Waals surface area contributed by atoms with Gasteiger partial charge in [0.15, 0.2) is 0 Å². The van der Waals surface area contributed by atoms with Gasteiger partial charge in [-0.25, -0.2) is 13.6 Å². The van der Waals surface area contributed by atoms with E-state index in [9.17, 15) is 8.42 Å². The van der Waals surface area contributed by atoms with Crippen LogP contribution in [-0.2, 0) is 22.9 Å². The predicted molar refractivity (Wildman–Crippen MR) is 84.0 cm³/mol. The second-order valence-corrected chi connectivity index (χ2v) is 6.79. The molecule has 3 rings (SSSR count). The number of fused-ring (bicyclic) bond motifs is 1. The highest BCUT2D eigenvalue weighted by molar-refractivity contribution is 7.89. The number of anilines is 3. The zero-order valence-electron chi connectivity index (χ0n) is 11.5. The highest BCUT2D eigenvalue weighted by atomic mass is 32.2. The fraction of sp³-hybridized carbons (Fsp3) is 0.200. The molecule has 0 fully saturated rings. The Morgan fingerprint density at radius 3 is 2.33 bits per heavy atom. The summed E-state index contributed by atoms with van der Waals surface area (Å²) in [5, 5.41) is 8.33. The maximum Gasteiger partial charge on any atom is 0.240 e. The Balaban J connectivity index is 1.87. The summed E-state index contributed by atoms with van der Waals surface area (Å²) in [5.41, 5.74) is 10.4. The first kappa shape index (κ1) is 13.9. The van der Waals surface area contributed by atoms with Crippen molar-refractivity contribution in [3.63, 3.8) is 0 Å². The fourth-order valence-corrected chi connectivity index (χ4v) is 3.35. The Bertz CT molecular complexity index is 801. The van der Waals surface area contributed by atoms with Crippen LogP contribution in [0.5, 0.6) is 0 Å². The Morgan fingerprint density at radius 1 is 0.952 bits per heavy atom. The number of aryl methyl sites for hydroxylation is 2. The Labute approximate surface area is 124 Å². The van der Waals surface area contributed by atoms with E-state index >= 15 is 0 Å². The molecule has 0 spiro atoms. The maximum atomic E-state index is 11.3. The van der Waals surface area contributed by atoms with E-state index in [1.165, 1.54) is 23.6 Å². The molecular formula is C15H17N3O2S. The van der Waals surface area contributed by atoms with Gasteiger partial charge in [0.25, 0.3) is 0 Å². The zero-order chi connectivity index (χ0) is 15.0. The predicted octanol–water partition coefficient (Wildman–Crippen LogP) is 2.15. The van der Waals surface area contributed by atoms with Crippen LogP contribution < -0.4 is 16.2 Å². The molecule has 2 aromatic carbocycles. The van der Waals surface area contributed by atoms with Crippen molar-refractivity contribution in [1.82, 2.24) is 0 Å². The monoisotopic (exact) mass is 303 g/mol. The van der Waals surface area contributed by atoms with E-state index in [1.807, 2.05) is 6.07 Å². The molecule has 0 heterocycles. The van der Waals surface area contributed by atoms with Gasteiger partial charge in [-0.05, 0) is 60.7 Å². The zero-order valence-corrected chi connectivity index (χ0v) is 12.3. The number of nitrogen functional groups attached to an aromatic ring is 1. The minimum atomic E-state index is -3.78. The van der Waals surface area contributed by atoms with Gasteiger partial charge in [0.2, 0.25) is 10.0 Å². The van der Waals surface area contributed by atoms with Gasteiger partial charge < -0.3 is 11.1 Å². The molecule has 0 bridgehead atoms. The SMILES string of the molecule is Nc1cc(Nc2ccc3c(c2)CCC3)ccc1S(N)(=O)=O. The van der Waals surface area contributed by atoms with E-state index in [0.29, 0.717) is 0 Å². The topological polar surface area (TPSA) is 98.2 Å². The molecule has 0 atom stereocenters. The fourth-order valence-electron chi connectivity index (χ4n) is 2.70. The van der Waals surface area contributed by atoms with Crippen LogP contribution in [0.25, 0.3) is 0 Å². The first-order valence-corrected chi connectivity index (χ1v) is 8.29. The number of primary sulfonamides is 1. The van der Waals surface area contributed by atoms with Crippen LogP contribution in [0.1, 0.15) is 17.5 Å². The first-order chi connectivity index (χ1) is 9.93. The summed E-state index contributed by atoms with van der Waals surface area (Å²) in [6.07, 6.45) is 3.46. The van der Waals surface area contributed by atoms with Crippen molar-refractivity contribution in [2.24, 2.45) is 5.14 Å². The molecule has 0 amide bonds. The molecule has 1 aliphatic carbocycles. The lowest BCUT2D eigenvalue weighted by atomic mass is 10.1. The summed E-state index contributed by atoms with van der Waals surface area (Å²) in [4.78, 5) is -0.0537. The molecule has 21 heavy (non-hydrogen) atoms. The number of hydrogen-bond acceptors (Lipinski definition) is 4. The second-order valence-electron chi connectivity index (χ2n) is 5.26. The van der Waals surface area contributed by atoms with Crippen LogP contribution in [-0.4, -0.2) is 8.42 Å². The minimum Gasteiger partial charge on any atom is -0.398 e. The summed E-state index contributed by atoms with van der Waals surface area (Å²) < 4.78 is 22.7. The summed E-state index contributed by atoms with van der Waals surface area (Å²) in [7, 11) is -3.78. The summed E-state index contributed by atoms with van der Waals surface area (Å²) in [6, 6.07) is 10.9. The molecule has 0 aromatic heterocycles. The lowest BCUT2D eigenvalue weighted by Crippen LogP contribution is -2.14. The van der Waals surface area contributed by atoms with Gasteiger partial charge in [-0.2, -0.15) is 0 Å². The normalized spacial score (nSPS) is 14.0. The van der Waals surface area contributed by atoms with Crippen molar-refractivity contribution in [1.29, 1.82) is 0 Å². The quantitative estimate of drug-likeness (QED) is 0.757. The van der Waals surface area contributed by atoms with E-state index in [-0.39, 0.29) is 10.6 Å². The molecule has 110 valence electrons. The van der Waals surface area contributed by atoms with Gasteiger partial charge in [-0.1, -0.05) is 6.07 Å². The van der Waals surface area contributed by atoms with E-state index in [2.05, 4.69) is 17.4 Å². The van der Waals surface area contributed by atoms with Gasteiger partial charge in [-0.15, -0.1) is 0 Å². The number of nitrogens with two attached hydrogens (primary N) is 2. The van der Waals surface area contributed by atoms with E-state index in [1.54, 1.807) is 12.1 Å². The number of hydrogen-bond donors (Lipinski definition) is 3. The number of rotatable bonds is 3. The van der Waals surface area contributed by atoms with Crippen molar-refractivity contribution < 1.29 is 8.42 Å². The van der Waals surface area contributed by atoms with Gasteiger partial charge in [0.1, 0.15) is 4.90 Å².